The lowest BCUT2D eigenvalue weighted by Crippen LogP contribution is -2.34. The van der Waals surface area contributed by atoms with Crippen LogP contribution in [0.2, 0.25) is 0 Å². The highest BCUT2D eigenvalue weighted by molar-refractivity contribution is 5.67. The van der Waals surface area contributed by atoms with Crippen LogP contribution in [0.3, 0.4) is 0 Å². The van der Waals surface area contributed by atoms with E-state index in [9.17, 15) is 4.79 Å². The second kappa shape index (κ2) is 6.65. The third kappa shape index (κ3) is 4.46. The molecular formula is C10H20N2O2. The topological polar surface area (TPSA) is 50.4 Å². The van der Waals surface area contributed by atoms with Gasteiger partial charge in [-0.15, -0.1) is 0 Å². The number of carbonyl (C=O) groups excluding carboxylic acids is 1. The van der Waals surface area contributed by atoms with Gasteiger partial charge in [0, 0.05) is 13.1 Å². The third-order valence-corrected chi connectivity index (χ3v) is 2.47. The normalized spacial score (nSPS) is 17.8. The zero-order valence-electron chi connectivity index (χ0n) is 8.84. The summed E-state index contributed by atoms with van der Waals surface area (Å²) >= 11 is 0. The van der Waals surface area contributed by atoms with E-state index in [4.69, 9.17) is 4.74 Å². The largest absolute Gasteiger partial charge is 0.446 e. The summed E-state index contributed by atoms with van der Waals surface area (Å²) in [6.45, 7) is 1.40. The molecule has 1 amide bonds. The molecule has 0 aromatic carbocycles. The van der Waals surface area contributed by atoms with E-state index in [1.54, 1.807) is 0 Å². The van der Waals surface area contributed by atoms with Crippen molar-refractivity contribution in [3.05, 3.63) is 0 Å². The molecule has 0 bridgehead atoms. The molecule has 0 aromatic rings. The Balaban J connectivity index is 2.06. The van der Waals surface area contributed by atoms with Gasteiger partial charge in [0.1, 0.15) is 6.10 Å². The van der Waals surface area contributed by atoms with Crippen molar-refractivity contribution in [2.24, 2.45) is 0 Å². The number of alkyl carbamates (subject to hydrolysis) is 1. The number of amides is 1. The molecule has 0 radical (unpaired) electrons. The average molecular weight is 200 g/mol. The van der Waals surface area contributed by atoms with Gasteiger partial charge in [-0.1, -0.05) is 6.42 Å². The zero-order valence-corrected chi connectivity index (χ0v) is 8.84. The number of hydrogen-bond donors (Lipinski definition) is 2. The molecule has 0 aliphatic heterocycles. The third-order valence-electron chi connectivity index (χ3n) is 2.47. The summed E-state index contributed by atoms with van der Waals surface area (Å²) in [4.78, 5) is 11.2. The molecule has 1 fully saturated rings. The predicted molar refractivity (Wildman–Crippen MR) is 55.3 cm³/mol. The van der Waals surface area contributed by atoms with Gasteiger partial charge < -0.3 is 15.4 Å². The summed E-state index contributed by atoms with van der Waals surface area (Å²) in [7, 11) is 1.86. The minimum Gasteiger partial charge on any atom is -0.446 e. The molecule has 14 heavy (non-hydrogen) atoms. The van der Waals surface area contributed by atoms with Crippen LogP contribution in [0.5, 0.6) is 0 Å². The van der Waals surface area contributed by atoms with Gasteiger partial charge in [-0.2, -0.15) is 0 Å². The lowest BCUT2D eigenvalue weighted by molar-refractivity contribution is 0.0755. The van der Waals surface area contributed by atoms with E-state index < -0.39 is 0 Å². The molecule has 0 aromatic heterocycles. The highest BCUT2D eigenvalue weighted by Gasteiger charge is 2.16. The first kappa shape index (κ1) is 11.3. The SMILES string of the molecule is CNCCNC(=O)OC1CCCCC1. The Kier molecular flexibility index (Phi) is 5.37. The molecule has 2 N–H and O–H groups in total. The Morgan fingerprint density at radius 2 is 2.00 bits per heavy atom. The molecule has 4 nitrogen and oxygen atoms in total. The van der Waals surface area contributed by atoms with Crippen LogP contribution in [-0.4, -0.2) is 32.3 Å². The number of carbonyl (C=O) groups is 1. The molecule has 0 saturated heterocycles. The second-order valence-corrected chi connectivity index (χ2v) is 3.70. The molecule has 82 valence electrons. The number of ether oxygens (including phenoxy) is 1. The first-order valence-electron chi connectivity index (χ1n) is 5.42. The summed E-state index contributed by atoms with van der Waals surface area (Å²) in [5, 5.41) is 5.66. The lowest BCUT2D eigenvalue weighted by Gasteiger charge is -2.21. The van der Waals surface area contributed by atoms with Crippen LogP contribution in [0.25, 0.3) is 0 Å². The Morgan fingerprint density at radius 3 is 2.64 bits per heavy atom. The van der Waals surface area contributed by atoms with Crippen LogP contribution in [-0.2, 0) is 4.74 Å². The Bertz CT molecular complexity index is 168. The molecule has 1 saturated carbocycles. The monoisotopic (exact) mass is 200 g/mol. The van der Waals surface area contributed by atoms with Gasteiger partial charge in [0.2, 0.25) is 0 Å². The number of likely N-dealkylation sites (N-methyl/N-ethyl adjacent to an activating group) is 1. The summed E-state index contributed by atoms with van der Waals surface area (Å²) in [6, 6.07) is 0. The maximum absolute atomic E-state index is 11.2. The number of hydrogen-bond acceptors (Lipinski definition) is 3. The van der Waals surface area contributed by atoms with Crippen LogP contribution < -0.4 is 10.6 Å². The fourth-order valence-corrected chi connectivity index (χ4v) is 1.67. The van der Waals surface area contributed by atoms with Crippen molar-refractivity contribution in [2.45, 2.75) is 38.2 Å². The highest BCUT2D eigenvalue weighted by atomic mass is 16.6. The maximum atomic E-state index is 11.2. The Hall–Kier alpha value is -0.770. The van der Waals surface area contributed by atoms with E-state index in [-0.39, 0.29) is 12.2 Å². The second-order valence-electron chi connectivity index (χ2n) is 3.70. The molecule has 0 atom stereocenters. The number of nitrogens with one attached hydrogen (secondary N) is 2. The van der Waals surface area contributed by atoms with Crippen LogP contribution in [0.15, 0.2) is 0 Å². The summed E-state index contributed by atoms with van der Waals surface area (Å²) < 4.78 is 5.26. The van der Waals surface area contributed by atoms with Crippen molar-refractivity contribution in [1.29, 1.82) is 0 Å². The quantitative estimate of drug-likeness (QED) is 0.672. The van der Waals surface area contributed by atoms with Gasteiger partial charge >= 0.3 is 6.09 Å². The minimum absolute atomic E-state index is 0.151. The van der Waals surface area contributed by atoms with Crippen molar-refractivity contribution in [3.8, 4) is 0 Å². The highest BCUT2D eigenvalue weighted by Crippen LogP contribution is 2.20. The lowest BCUT2D eigenvalue weighted by atomic mass is 9.98. The Labute approximate surface area is 85.4 Å². The fourth-order valence-electron chi connectivity index (χ4n) is 1.67. The zero-order chi connectivity index (χ0) is 10.2. The standard InChI is InChI=1S/C10H20N2O2/c1-11-7-8-12-10(13)14-9-5-3-2-4-6-9/h9,11H,2-8H2,1H3,(H,12,13). The van der Waals surface area contributed by atoms with E-state index >= 15 is 0 Å². The molecular weight excluding hydrogens is 180 g/mol. The smallest absolute Gasteiger partial charge is 0.407 e. The van der Waals surface area contributed by atoms with E-state index in [1.165, 1.54) is 19.3 Å². The molecule has 1 aliphatic rings. The first-order valence-corrected chi connectivity index (χ1v) is 5.42. The van der Waals surface area contributed by atoms with E-state index in [2.05, 4.69) is 10.6 Å². The van der Waals surface area contributed by atoms with Crippen molar-refractivity contribution < 1.29 is 9.53 Å². The first-order chi connectivity index (χ1) is 6.83. The number of rotatable bonds is 4. The Morgan fingerprint density at radius 1 is 1.29 bits per heavy atom. The summed E-state index contributed by atoms with van der Waals surface area (Å²) in [5.74, 6) is 0. The minimum atomic E-state index is -0.271. The van der Waals surface area contributed by atoms with Gasteiger partial charge in [-0.3, -0.25) is 0 Å². The van der Waals surface area contributed by atoms with E-state index in [1.807, 2.05) is 7.05 Å². The van der Waals surface area contributed by atoms with Gasteiger partial charge in [0.05, 0.1) is 0 Å². The van der Waals surface area contributed by atoms with Gasteiger partial charge in [0.15, 0.2) is 0 Å². The van der Waals surface area contributed by atoms with Crippen LogP contribution in [0.4, 0.5) is 4.79 Å². The van der Waals surface area contributed by atoms with E-state index in [0.717, 1.165) is 19.4 Å². The molecule has 1 rings (SSSR count). The van der Waals surface area contributed by atoms with Gasteiger partial charge in [-0.25, -0.2) is 4.79 Å². The maximum Gasteiger partial charge on any atom is 0.407 e. The molecule has 4 heteroatoms. The van der Waals surface area contributed by atoms with Crippen LogP contribution in [0.1, 0.15) is 32.1 Å². The average Bonchev–Trinajstić information content (AvgIpc) is 2.20. The van der Waals surface area contributed by atoms with E-state index in [0.29, 0.717) is 6.54 Å². The van der Waals surface area contributed by atoms with Gasteiger partial charge in [0.25, 0.3) is 0 Å². The van der Waals surface area contributed by atoms with Gasteiger partial charge in [-0.05, 0) is 32.7 Å². The molecule has 1 aliphatic carbocycles. The van der Waals surface area contributed by atoms with Crippen molar-refractivity contribution in [1.82, 2.24) is 10.6 Å². The summed E-state index contributed by atoms with van der Waals surface area (Å²) in [6.07, 6.45) is 5.59. The fraction of sp³-hybridized carbons (Fsp3) is 0.900. The predicted octanol–water partition coefficient (Wildman–Crippen LogP) is 1.26. The molecule has 0 unspecified atom stereocenters. The van der Waals surface area contributed by atoms with Crippen LogP contribution >= 0.6 is 0 Å². The van der Waals surface area contributed by atoms with Crippen molar-refractivity contribution in [2.75, 3.05) is 20.1 Å². The molecule has 0 heterocycles. The van der Waals surface area contributed by atoms with Crippen LogP contribution in [0, 0.1) is 0 Å². The van der Waals surface area contributed by atoms with Crippen molar-refractivity contribution >= 4 is 6.09 Å². The summed E-state index contributed by atoms with van der Waals surface area (Å²) in [5.41, 5.74) is 0. The van der Waals surface area contributed by atoms with Crippen molar-refractivity contribution in [3.63, 3.8) is 0 Å². The molecule has 0 spiro atoms.